The van der Waals surface area contributed by atoms with Crippen molar-refractivity contribution in [2.45, 2.75) is 45.5 Å². The molecule has 35 heavy (non-hydrogen) atoms. The van der Waals surface area contributed by atoms with Crippen molar-refractivity contribution >= 4 is 23.5 Å². The quantitative estimate of drug-likeness (QED) is 0.410. The number of benzene rings is 2. The monoisotopic (exact) mass is 473 g/mol. The number of nitrogens with zero attached hydrogens (tertiary/aromatic N) is 4. The van der Waals surface area contributed by atoms with Crippen LogP contribution in [0.1, 0.15) is 57.3 Å². The number of nitrogens with one attached hydrogen (secondary N) is 1. The normalized spacial score (nSPS) is 17.3. The van der Waals surface area contributed by atoms with E-state index in [1.54, 1.807) is 23.0 Å². The van der Waals surface area contributed by atoms with E-state index in [2.05, 4.69) is 15.6 Å². The Morgan fingerprint density at radius 3 is 2.60 bits per heavy atom. The molecule has 2 aromatic carbocycles. The number of carbonyl (C=O) groups is 4. The molecule has 10 heteroatoms. The number of carbonyl (C=O) groups excluding carboxylic acids is 4. The molecule has 2 aliphatic heterocycles. The Labute approximate surface area is 200 Å². The van der Waals surface area contributed by atoms with E-state index in [9.17, 15) is 19.2 Å². The Hall–Kier alpha value is -4.34. The molecule has 3 aromatic rings. The smallest absolute Gasteiger partial charge is 0.255 e. The molecular weight excluding hydrogens is 450 g/mol. The second-order valence-electron chi connectivity index (χ2n) is 8.64. The fourth-order valence-corrected chi connectivity index (χ4v) is 4.32. The number of aromatic nitrogens is 3. The van der Waals surface area contributed by atoms with E-state index >= 15 is 0 Å². The van der Waals surface area contributed by atoms with Crippen LogP contribution in [0.3, 0.4) is 0 Å². The Morgan fingerprint density at radius 2 is 1.89 bits per heavy atom. The second-order valence-corrected chi connectivity index (χ2v) is 8.64. The summed E-state index contributed by atoms with van der Waals surface area (Å²) in [6, 6.07) is 12.4. The van der Waals surface area contributed by atoms with Gasteiger partial charge in [-0.05, 0) is 29.7 Å². The third-order valence-electron chi connectivity index (χ3n) is 6.20. The summed E-state index contributed by atoms with van der Waals surface area (Å²) in [6.07, 6.45) is 2.15. The van der Waals surface area contributed by atoms with Gasteiger partial charge < -0.3 is 9.64 Å². The minimum Gasteiger partial charge on any atom is -0.489 e. The third kappa shape index (κ3) is 4.54. The molecule has 0 radical (unpaired) electrons. The van der Waals surface area contributed by atoms with Gasteiger partial charge in [0.1, 0.15) is 24.1 Å². The average Bonchev–Trinajstić information content (AvgIpc) is 3.44. The van der Waals surface area contributed by atoms with Crippen LogP contribution in [0.2, 0.25) is 0 Å². The fraction of sp³-hybridized carbons (Fsp3) is 0.280. The summed E-state index contributed by atoms with van der Waals surface area (Å²) in [5.41, 5.74) is 3.53. The summed E-state index contributed by atoms with van der Waals surface area (Å²) in [4.78, 5) is 49.6. The molecule has 1 aromatic heterocycles. The highest BCUT2D eigenvalue weighted by molar-refractivity contribution is 6.05. The number of hydrogen-bond donors (Lipinski definition) is 1. The zero-order valence-corrected chi connectivity index (χ0v) is 19.1. The molecule has 1 unspecified atom stereocenters. The lowest BCUT2D eigenvalue weighted by atomic mass is 10.0. The van der Waals surface area contributed by atoms with Gasteiger partial charge in [-0.3, -0.25) is 24.5 Å². The summed E-state index contributed by atoms with van der Waals surface area (Å²) < 4.78 is 7.66. The van der Waals surface area contributed by atoms with Gasteiger partial charge in [-0.15, -0.1) is 5.10 Å². The number of ether oxygens (including phenoxy) is 1. The van der Waals surface area contributed by atoms with Gasteiger partial charge in [0.2, 0.25) is 11.8 Å². The zero-order valence-electron chi connectivity index (χ0n) is 19.1. The first kappa shape index (κ1) is 22.5. The van der Waals surface area contributed by atoms with Crippen LogP contribution in [0.25, 0.3) is 0 Å². The van der Waals surface area contributed by atoms with Crippen molar-refractivity contribution in [3.05, 3.63) is 76.6 Å². The predicted octanol–water partition coefficient (Wildman–Crippen LogP) is 1.87. The first-order valence-corrected chi connectivity index (χ1v) is 11.3. The van der Waals surface area contributed by atoms with Gasteiger partial charge in [-0.2, -0.15) is 0 Å². The van der Waals surface area contributed by atoms with Crippen LogP contribution in [-0.2, 0) is 29.3 Å². The molecule has 0 saturated carbocycles. The van der Waals surface area contributed by atoms with E-state index in [1.165, 1.54) is 11.8 Å². The summed E-state index contributed by atoms with van der Waals surface area (Å²) in [5.74, 6) is -0.515. The van der Waals surface area contributed by atoms with Crippen LogP contribution in [-0.4, -0.2) is 49.4 Å². The number of amides is 3. The van der Waals surface area contributed by atoms with E-state index < -0.39 is 11.9 Å². The number of ketones is 1. The Kier molecular flexibility index (Phi) is 5.86. The third-order valence-corrected chi connectivity index (χ3v) is 6.20. The molecule has 5 rings (SSSR count). The summed E-state index contributed by atoms with van der Waals surface area (Å²) in [6.45, 7) is 2.51. The topological polar surface area (TPSA) is 123 Å². The summed E-state index contributed by atoms with van der Waals surface area (Å²) >= 11 is 0. The first-order valence-electron chi connectivity index (χ1n) is 11.3. The van der Waals surface area contributed by atoms with Gasteiger partial charge in [0.15, 0.2) is 5.78 Å². The number of hydrogen-bond acceptors (Lipinski definition) is 7. The summed E-state index contributed by atoms with van der Waals surface area (Å²) in [7, 11) is 0. The standard InChI is InChI=1S/C25H23N5O5/c1-15(31)20-13-29(28-27-20)11-16-5-7-17(8-6-16)14-35-22-4-2-3-18-19(22)12-30(25(18)34)21-9-10-23(32)26-24(21)33/h2-8,13,21H,9-12,14H2,1H3,(H,26,32,33). The van der Waals surface area contributed by atoms with Gasteiger partial charge in [0.05, 0.1) is 19.3 Å². The summed E-state index contributed by atoms with van der Waals surface area (Å²) in [5, 5.41) is 10.1. The molecule has 2 aliphatic rings. The zero-order chi connectivity index (χ0) is 24.5. The van der Waals surface area contributed by atoms with Crippen LogP contribution in [0.15, 0.2) is 48.7 Å². The number of rotatable bonds is 7. The molecule has 3 heterocycles. The predicted molar refractivity (Wildman–Crippen MR) is 122 cm³/mol. The largest absolute Gasteiger partial charge is 0.489 e. The average molecular weight is 473 g/mol. The lowest BCUT2D eigenvalue weighted by molar-refractivity contribution is -0.136. The van der Waals surface area contributed by atoms with Crippen molar-refractivity contribution in [3.8, 4) is 5.75 Å². The van der Waals surface area contributed by atoms with E-state index in [1.807, 2.05) is 30.3 Å². The lowest BCUT2D eigenvalue weighted by Crippen LogP contribution is -2.52. The van der Waals surface area contributed by atoms with E-state index in [0.29, 0.717) is 36.6 Å². The van der Waals surface area contributed by atoms with Crippen molar-refractivity contribution in [1.29, 1.82) is 0 Å². The molecule has 0 spiro atoms. The number of imide groups is 1. The molecule has 1 N–H and O–H groups in total. The van der Waals surface area contributed by atoms with Gasteiger partial charge in [-0.1, -0.05) is 35.5 Å². The number of fused-ring (bicyclic) bond motifs is 1. The van der Waals surface area contributed by atoms with Crippen molar-refractivity contribution in [1.82, 2.24) is 25.2 Å². The maximum absolute atomic E-state index is 13.0. The molecule has 1 atom stereocenters. The molecule has 3 amide bonds. The van der Waals surface area contributed by atoms with Crippen LogP contribution in [0.4, 0.5) is 0 Å². The first-order chi connectivity index (χ1) is 16.9. The Morgan fingerprint density at radius 1 is 1.11 bits per heavy atom. The van der Waals surface area contributed by atoms with Gasteiger partial charge >= 0.3 is 0 Å². The SMILES string of the molecule is CC(=O)c1cn(Cc2ccc(COc3cccc4c3CN(C3CCC(=O)NC3=O)C4=O)cc2)nn1. The highest BCUT2D eigenvalue weighted by Gasteiger charge is 2.40. The second kappa shape index (κ2) is 9.13. The number of piperidine rings is 1. The van der Waals surface area contributed by atoms with Crippen molar-refractivity contribution < 1.29 is 23.9 Å². The minimum atomic E-state index is -0.662. The van der Waals surface area contributed by atoms with Crippen LogP contribution in [0.5, 0.6) is 5.75 Å². The fourth-order valence-electron chi connectivity index (χ4n) is 4.32. The van der Waals surface area contributed by atoms with Crippen molar-refractivity contribution in [3.63, 3.8) is 0 Å². The van der Waals surface area contributed by atoms with E-state index in [0.717, 1.165) is 16.7 Å². The van der Waals surface area contributed by atoms with E-state index in [4.69, 9.17) is 4.74 Å². The maximum atomic E-state index is 13.0. The molecule has 178 valence electrons. The lowest BCUT2D eigenvalue weighted by Gasteiger charge is -2.29. The Balaban J connectivity index is 1.24. The van der Waals surface area contributed by atoms with Gasteiger partial charge in [0.25, 0.3) is 5.91 Å². The van der Waals surface area contributed by atoms with Crippen LogP contribution in [0, 0.1) is 0 Å². The van der Waals surface area contributed by atoms with E-state index in [-0.39, 0.29) is 30.6 Å². The maximum Gasteiger partial charge on any atom is 0.255 e. The molecule has 1 fully saturated rings. The van der Waals surface area contributed by atoms with Crippen molar-refractivity contribution in [2.24, 2.45) is 0 Å². The Bertz CT molecular complexity index is 1330. The van der Waals surface area contributed by atoms with Gasteiger partial charge in [0, 0.05) is 24.5 Å². The number of Topliss-reactive ketones (excluding diaryl/α,β-unsaturated/α-hetero) is 1. The molecular formula is C25H23N5O5. The highest BCUT2D eigenvalue weighted by Crippen LogP contribution is 2.33. The highest BCUT2D eigenvalue weighted by atomic mass is 16.5. The molecule has 1 saturated heterocycles. The molecule has 10 nitrogen and oxygen atoms in total. The van der Waals surface area contributed by atoms with Crippen LogP contribution >= 0.6 is 0 Å². The molecule has 0 aliphatic carbocycles. The molecule has 0 bridgehead atoms. The van der Waals surface area contributed by atoms with Crippen LogP contribution < -0.4 is 10.1 Å². The minimum absolute atomic E-state index is 0.127. The van der Waals surface area contributed by atoms with Gasteiger partial charge in [-0.25, -0.2) is 4.68 Å². The van der Waals surface area contributed by atoms with Crippen molar-refractivity contribution in [2.75, 3.05) is 0 Å².